The van der Waals surface area contributed by atoms with Crippen molar-refractivity contribution in [2.24, 2.45) is 0 Å². The number of rotatable bonds is 8. The van der Waals surface area contributed by atoms with Crippen molar-refractivity contribution in [3.05, 3.63) is 53.6 Å². The molecule has 29 heavy (non-hydrogen) atoms. The van der Waals surface area contributed by atoms with Crippen LogP contribution in [0.25, 0.3) is 6.08 Å². The number of methoxy groups -OCH3 is 3. The third-order valence-electron chi connectivity index (χ3n) is 3.59. The Kier molecular flexibility index (Phi) is 7.53. The summed E-state index contributed by atoms with van der Waals surface area (Å²) in [5, 5.41) is 2.23. The minimum Gasteiger partial charge on any atom is -0.493 e. The van der Waals surface area contributed by atoms with Crippen LogP contribution in [0.4, 0.5) is 14.5 Å². The molecule has 0 fully saturated rings. The average molecular weight is 407 g/mol. The number of esters is 1. The number of carbonyl (C=O) groups is 2. The van der Waals surface area contributed by atoms with E-state index in [4.69, 9.17) is 18.9 Å². The van der Waals surface area contributed by atoms with Gasteiger partial charge in [-0.2, -0.15) is 0 Å². The Bertz CT molecular complexity index is 884. The highest BCUT2D eigenvalue weighted by Gasteiger charge is 2.12. The molecule has 1 N–H and O–H groups in total. The normalized spacial score (nSPS) is 10.5. The summed E-state index contributed by atoms with van der Waals surface area (Å²) in [6.07, 6.45) is 2.54. The van der Waals surface area contributed by atoms with Gasteiger partial charge >= 0.3 is 5.97 Å². The maximum Gasteiger partial charge on any atom is 0.331 e. The van der Waals surface area contributed by atoms with E-state index in [1.807, 2.05) is 0 Å². The predicted octanol–water partition coefficient (Wildman–Crippen LogP) is 3.19. The van der Waals surface area contributed by atoms with Crippen LogP contribution in [0.15, 0.2) is 36.4 Å². The zero-order valence-electron chi connectivity index (χ0n) is 16.0. The quantitative estimate of drug-likeness (QED) is 0.535. The lowest BCUT2D eigenvalue weighted by Crippen LogP contribution is -2.20. The van der Waals surface area contributed by atoms with E-state index in [2.05, 4.69) is 5.32 Å². The highest BCUT2D eigenvalue weighted by molar-refractivity contribution is 5.94. The summed E-state index contributed by atoms with van der Waals surface area (Å²) in [6.45, 7) is -0.628. The van der Waals surface area contributed by atoms with E-state index < -0.39 is 30.1 Å². The molecular formula is C20H19F2NO6. The molecule has 7 nitrogen and oxygen atoms in total. The van der Waals surface area contributed by atoms with Crippen molar-refractivity contribution in [1.82, 2.24) is 0 Å². The second-order valence-electron chi connectivity index (χ2n) is 5.61. The molecule has 0 heterocycles. The van der Waals surface area contributed by atoms with E-state index in [-0.39, 0.29) is 5.69 Å². The van der Waals surface area contributed by atoms with Crippen LogP contribution in [-0.2, 0) is 14.3 Å². The standard InChI is InChI=1S/C20H19F2NO6/c1-26-16-6-12(7-17(27-2)20(16)28-3)4-5-19(25)29-11-18(24)23-15-9-13(21)8-14(22)10-15/h4-10H,11H2,1-3H3,(H,23,24). The molecule has 0 saturated carbocycles. The van der Waals surface area contributed by atoms with Gasteiger partial charge in [0.1, 0.15) is 11.6 Å². The van der Waals surface area contributed by atoms with E-state index in [9.17, 15) is 18.4 Å². The maximum absolute atomic E-state index is 13.1. The molecule has 0 atom stereocenters. The van der Waals surface area contributed by atoms with Crippen LogP contribution in [0.3, 0.4) is 0 Å². The topological polar surface area (TPSA) is 83.1 Å². The van der Waals surface area contributed by atoms with E-state index in [1.165, 1.54) is 27.4 Å². The Hall–Kier alpha value is -3.62. The van der Waals surface area contributed by atoms with Crippen molar-refractivity contribution < 1.29 is 37.3 Å². The Balaban J connectivity index is 1.96. The van der Waals surface area contributed by atoms with Gasteiger partial charge in [0.25, 0.3) is 5.91 Å². The highest BCUT2D eigenvalue weighted by Crippen LogP contribution is 2.38. The summed E-state index contributed by atoms with van der Waals surface area (Å²) < 4.78 is 46.6. The number of benzene rings is 2. The molecule has 154 valence electrons. The van der Waals surface area contributed by atoms with E-state index in [0.717, 1.165) is 18.2 Å². The zero-order valence-corrected chi connectivity index (χ0v) is 16.0. The zero-order chi connectivity index (χ0) is 21.4. The summed E-state index contributed by atoms with van der Waals surface area (Å²) in [5.41, 5.74) is 0.479. The molecule has 0 bridgehead atoms. The Morgan fingerprint density at radius 3 is 2.03 bits per heavy atom. The van der Waals surface area contributed by atoms with Gasteiger partial charge in [0.05, 0.1) is 21.3 Å². The molecule has 0 aliphatic rings. The van der Waals surface area contributed by atoms with Crippen LogP contribution >= 0.6 is 0 Å². The van der Waals surface area contributed by atoms with Crippen molar-refractivity contribution in [3.8, 4) is 17.2 Å². The number of hydrogen-bond acceptors (Lipinski definition) is 6. The third kappa shape index (κ3) is 6.20. The lowest BCUT2D eigenvalue weighted by molar-refractivity contribution is -0.142. The monoisotopic (exact) mass is 407 g/mol. The van der Waals surface area contributed by atoms with Crippen molar-refractivity contribution in [1.29, 1.82) is 0 Å². The average Bonchev–Trinajstić information content (AvgIpc) is 2.68. The molecule has 0 unspecified atom stereocenters. The van der Waals surface area contributed by atoms with Crippen LogP contribution in [0.2, 0.25) is 0 Å². The van der Waals surface area contributed by atoms with Crippen LogP contribution in [-0.4, -0.2) is 39.8 Å². The molecule has 0 radical (unpaired) electrons. The van der Waals surface area contributed by atoms with Crippen molar-refractivity contribution in [2.45, 2.75) is 0 Å². The van der Waals surface area contributed by atoms with Gasteiger partial charge in [-0.3, -0.25) is 4.79 Å². The number of amides is 1. The Labute approximate surface area is 165 Å². The summed E-state index contributed by atoms with van der Waals surface area (Å²) in [6, 6.07) is 5.79. The second-order valence-corrected chi connectivity index (χ2v) is 5.61. The number of nitrogens with one attached hydrogen (secondary N) is 1. The van der Waals surface area contributed by atoms with Gasteiger partial charge in [-0.25, -0.2) is 13.6 Å². The summed E-state index contributed by atoms with van der Waals surface area (Å²) in [4.78, 5) is 23.6. The molecule has 0 saturated heterocycles. The van der Waals surface area contributed by atoms with E-state index in [0.29, 0.717) is 28.9 Å². The third-order valence-corrected chi connectivity index (χ3v) is 3.59. The lowest BCUT2D eigenvalue weighted by Gasteiger charge is -2.12. The molecule has 0 aromatic heterocycles. The lowest BCUT2D eigenvalue weighted by atomic mass is 10.1. The van der Waals surface area contributed by atoms with E-state index in [1.54, 1.807) is 12.1 Å². The number of anilines is 1. The fraction of sp³-hybridized carbons (Fsp3) is 0.200. The van der Waals surface area contributed by atoms with Gasteiger partial charge in [-0.15, -0.1) is 0 Å². The van der Waals surface area contributed by atoms with Gasteiger partial charge < -0.3 is 24.3 Å². The second kappa shape index (κ2) is 10.1. The molecule has 0 aliphatic heterocycles. The molecule has 0 spiro atoms. The van der Waals surface area contributed by atoms with Gasteiger partial charge in [-0.1, -0.05) is 0 Å². The summed E-state index contributed by atoms with van der Waals surface area (Å²) >= 11 is 0. The van der Waals surface area contributed by atoms with Crippen LogP contribution in [0, 0.1) is 11.6 Å². The van der Waals surface area contributed by atoms with Gasteiger partial charge in [-0.05, 0) is 35.9 Å². The molecule has 2 rings (SSSR count). The molecular weight excluding hydrogens is 388 g/mol. The molecule has 1 amide bonds. The van der Waals surface area contributed by atoms with Crippen molar-refractivity contribution in [3.63, 3.8) is 0 Å². The van der Waals surface area contributed by atoms with Crippen molar-refractivity contribution in [2.75, 3.05) is 33.3 Å². The summed E-state index contributed by atoms with van der Waals surface area (Å²) in [5.74, 6) is -2.01. The Morgan fingerprint density at radius 2 is 1.52 bits per heavy atom. The molecule has 2 aromatic carbocycles. The van der Waals surface area contributed by atoms with Crippen LogP contribution in [0.5, 0.6) is 17.2 Å². The highest BCUT2D eigenvalue weighted by atomic mass is 19.1. The maximum atomic E-state index is 13.1. The molecule has 2 aromatic rings. The van der Waals surface area contributed by atoms with Gasteiger partial charge in [0.2, 0.25) is 5.75 Å². The largest absolute Gasteiger partial charge is 0.493 e. The van der Waals surface area contributed by atoms with Crippen LogP contribution < -0.4 is 19.5 Å². The van der Waals surface area contributed by atoms with Crippen LogP contribution in [0.1, 0.15) is 5.56 Å². The molecule has 0 aliphatic carbocycles. The van der Waals surface area contributed by atoms with Gasteiger partial charge in [0, 0.05) is 17.8 Å². The summed E-state index contributed by atoms with van der Waals surface area (Å²) in [7, 11) is 4.39. The first-order valence-electron chi connectivity index (χ1n) is 8.27. The smallest absolute Gasteiger partial charge is 0.331 e. The number of ether oxygens (including phenoxy) is 4. The number of hydrogen-bond donors (Lipinski definition) is 1. The fourth-order valence-corrected chi connectivity index (χ4v) is 2.37. The van der Waals surface area contributed by atoms with E-state index >= 15 is 0 Å². The SMILES string of the molecule is COc1cc(C=CC(=O)OCC(=O)Nc2cc(F)cc(F)c2)cc(OC)c1OC. The Morgan fingerprint density at radius 1 is 0.931 bits per heavy atom. The first-order chi connectivity index (χ1) is 13.9. The predicted molar refractivity (Wildman–Crippen MR) is 101 cm³/mol. The van der Waals surface area contributed by atoms with Gasteiger partial charge in [0.15, 0.2) is 18.1 Å². The number of carbonyl (C=O) groups excluding carboxylic acids is 2. The first-order valence-corrected chi connectivity index (χ1v) is 8.27. The minimum atomic E-state index is -0.842. The number of halogens is 2. The first kappa shape index (κ1) is 21.7. The van der Waals surface area contributed by atoms with Crippen molar-refractivity contribution >= 4 is 23.6 Å². The fourth-order valence-electron chi connectivity index (χ4n) is 2.37. The minimum absolute atomic E-state index is 0.0866. The molecule has 9 heteroatoms.